The zero-order chi connectivity index (χ0) is 18.8. The molecule has 25 heavy (non-hydrogen) atoms. The first kappa shape index (κ1) is 20.1. The molecule has 9 nitrogen and oxygen atoms in total. The van der Waals surface area contributed by atoms with Gasteiger partial charge in [0.2, 0.25) is 0 Å². The van der Waals surface area contributed by atoms with Gasteiger partial charge in [-0.15, -0.1) is 0 Å². The van der Waals surface area contributed by atoms with E-state index in [1.807, 2.05) is 13.8 Å². The molecule has 0 saturated carbocycles. The number of hydrogen-bond acceptors (Lipinski definition) is 7. The van der Waals surface area contributed by atoms with Crippen LogP contribution in [0.15, 0.2) is 17.1 Å². The van der Waals surface area contributed by atoms with Gasteiger partial charge in [0.05, 0.1) is 24.5 Å². The second-order valence-electron chi connectivity index (χ2n) is 6.59. The Hall–Kier alpha value is -1.25. The van der Waals surface area contributed by atoms with Crippen molar-refractivity contribution in [3.63, 3.8) is 0 Å². The Labute approximate surface area is 146 Å². The summed E-state index contributed by atoms with van der Waals surface area (Å²) < 4.78 is 30.4. The fraction of sp³-hybridized carbons (Fsp3) is 0.733. The summed E-state index contributed by atoms with van der Waals surface area (Å²) in [5.41, 5.74) is 4.41. The van der Waals surface area contributed by atoms with Crippen molar-refractivity contribution in [2.75, 3.05) is 12.3 Å². The molecule has 2 heterocycles. The zero-order valence-corrected chi connectivity index (χ0v) is 15.8. The Kier molecular flexibility index (Phi) is 6.40. The van der Waals surface area contributed by atoms with E-state index in [0.29, 0.717) is 0 Å². The van der Waals surface area contributed by atoms with Gasteiger partial charge in [0.1, 0.15) is 18.1 Å². The number of nitrogens with two attached hydrogens (primary N) is 1. The predicted molar refractivity (Wildman–Crippen MR) is 92.4 cm³/mol. The van der Waals surface area contributed by atoms with Gasteiger partial charge in [-0.3, -0.25) is 9.13 Å². The average Bonchev–Trinajstić information content (AvgIpc) is 2.86. The molecule has 0 spiro atoms. The number of ether oxygens (including phenoxy) is 2. The molecule has 1 aromatic heterocycles. The Morgan fingerprint density at radius 3 is 2.72 bits per heavy atom. The van der Waals surface area contributed by atoms with Crippen LogP contribution in [0.1, 0.15) is 40.3 Å². The highest BCUT2D eigenvalue weighted by Gasteiger charge is 2.42. The number of aromatic nitrogens is 2. The van der Waals surface area contributed by atoms with E-state index in [1.54, 1.807) is 13.8 Å². The van der Waals surface area contributed by atoms with Gasteiger partial charge in [0.15, 0.2) is 0 Å². The molecule has 1 fully saturated rings. The first-order valence-corrected chi connectivity index (χ1v) is 9.87. The summed E-state index contributed by atoms with van der Waals surface area (Å²) >= 11 is 0. The quantitative estimate of drug-likeness (QED) is 0.687. The Morgan fingerprint density at radius 1 is 1.48 bits per heavy atom. The van der Waals surface area contributed by atoms with E-state index >= 15 is 0 Å². The minimum absolute atomic E-state index is 0.0322. The molecule has 1 unspecified atom stereocenters. The Bertz CT molecular complexity index is 692. The maximum Gasteiger partial charge on any atom is 0.351 e. The third kappa shape index (κ3) is 5.12. The molecule has 0 radical (unpaired) electrons. The van der Waals surface area contributed by atoms with Crippen LogP contribution in [0.2, 0.25) is 0 Å². The average molecular weight is 375 g/mol. The lowest BCUT2D eigenvalue weighted by Gasteiger charge is -2.24. The van der Waals surface area contributed by atoms with Crippen LogP contribution in [0.3, 0.4) is 0 Å². The number of nitrogen functional groups attached to an aromatic ring is 1. The third-order valence-electron chi connectivity index (χ3n) is 3.88. The standard InChI is InChI=1S/C15H26N3O6P/c1-9(2)22-8-12-11(24-25(20,21)10(3)4)7-14(23-12)18-6-5-13(16)17-15(18)19/h5-6,9-12,14H,7-8H2,1-4H3,(H,20,21)(H2,16,17,19)/t11-,12-,14-/m1/s1. The lowest BCUT2D eigenvalue weighted by atomic mass is 10.2. The van der Waals surface area contributed by atoms with E-state index < -0.39 is 37.4 Å². The molecule has 1 aromatic rings. The second-order valence-corrected chi connectivity index (χ2v) is 8.96. The van der Waals surface area contributed by atoms with Crippen molar-refractivity contribution in [1.82, 2.24) is 9.55 Å². The molecule has 4 atom stereocenters. The smallest absolute Gasteiger partial charge is 0.351 e. The molecule has 10 heteroatoms. The maximum atomic E-state index is 12.2. The van der Waals surface area contributed by atoms with E-state index in [2.05, 4.69) is 4.98 Å². The largest absolute Gasteiger partial charge is 0.383 e. The molecule has 0 amide bonds. The third-order valence-corrected chi connectivity index (χ3v) is 5.75. The normalized spacial score (nSPS) is 26.3. The highest BCUT2D eigenvalue weighted by atomic mass is 31.2. The molecule has 1 aliphatic heterocycles. The molecule has 0 bridgehead atoms. The molecular weight excluding hydrogens is 349 g/mol. The number of anilines is 1. The van der Waals surface area contributed by atoms with E-state index in [-0.39, 0.29) is 24.9 Å². The number of hydrogen-bond donors (Lipinski definition) is 2. The Morgan fingerprint density at radius 2 is 2.16 bits per heavy atom. The summed E-state index contributed by atoms with van der Waals surface area (Å²) in [4.78, 5) is 25.7. The molecular formula is C15H26N3O6P. The fourth-order valence-corrected chi connectivity index (χ4v) is 3.23. The molecule has 142 valence electrons. The number of nitrogens with zero attached hydrogens (tertiary/aromatic N) is 2. The van der Waals surface area contributed by atoms with Crippen LogP contribution < -0.4 is 11.4 Å². The van der Waals surface area contributed by atoms with Gasteiger partial charge in [0.25, 0.3) is 0 Å². The lowest BCUT2D eigenvalue weighted by Crippen LogP contribution is -2.30. The van der Waals surface area contributed by atoms with Gasteiger partial charge in [-0.25, -0.2) is 4.79 Å². The van der Waals surface area contributed by atoms with Crippen LogP contribution in [0.4, 0.5) is 5.82 Å². The monoisotopic (exact) mass is 375 g/mol. The van der Waals surface area contributed by atoms with Crippen molar-refractivity contribution in [2.24, 2.45) is 0 Å². The molecule has 0 aliphatic carbocycles. The van der Waals surface area contributed by atoms with E-state index in [4.69, 9.17) is 19.7 Å². The Balaban J connectivity index is 2.20. The van der Waals surface area contributed by atoms with Crippen molar-refractivity contribution < 1.29 is 23.5 Å². The van der Waals surface area contributed by atoms with Crippen LogP contribution in [0.5, 0.6) is 0 Å². The summed E-state index contributed by atoms with van der Waals surface area (Å²) in [6.07, 6.45) is -0.232. The molecule has 1 saturated heterocycles. The van der Waals surface area contributed by atoms with E-state index in [1.165, 1.54) is 16.8 Å². The molecule has 0 aromatic carbocycles. The van der Waals surface area contributed by atoms with Gasteiger partial charge >= 0.3 is 13.3 Å². The summed E-state index contributed by atoms with van der Waals surface area (Å²) in [5, 5.41) is 0. The van der Waals surface area contributed by atoms with Crippen LogP contribution in [-0.4, -0.2) is 45.0 Å². The predicted octanol–water partition coefficient (Wildman–Crippen LogP) is 1.52. The van der Waals surface area contributed by atoms with E-state index in [9.17, 15) is 14.3 Å². The van der Waals surface area contributed by atoms with Crippen molar-refractivity contribution in [3.8, 4) is 0 Å². The zero-order valence-electron chi connectivity index (χ0n) is 14.9. The lowest BCUT2D eigenvalue weighted by molar-refractivity contribution is -0.0723. The fourth-order valence-electron chi connectivity index (χ4n) is 2.38. The first-order valence-electron chi connectivity index (χ1n) is 8.22. The summed E-state index contributed by atoms with van der Waals surface area (Å²) in [5.74, 6) is 0.117. The van der Waals surface area contributed by atoms with Gasteiger partial charge in [-0.2, -0.15) is 4.98 Å². The van der Waals surface area contributed by atoms with Gasteiger partial charge in [-0.1, -0.05) is 13.8 Å². The van der Waals surface area contributed by atoms with Crippen molar-refractivity contribution in [1.29, 1.82) is 0 Å². The van der Waals surface area contributed by atoms with Crippen molar-refractivity contribution in [2.45, 2.75) is 64.3 Å². The summed E-state index contributed by atoms with van der Waals surface area (Å²) in [6, 6.07) is 1.49. The molecule has 2 rings (SSSR count). The SMILES string of the molecule is CC(C)OC[C@H]1O[C@@H](n2ccc(N)nc2=O)C[C@H]1OP(=O)(O)C(C)C. The van der Waals surface area contributed by atoms with Gasteiger partial charge in [-0.05, 0) is 19.9 Å². The minimum Gasteiger partial charge on any atom is -0.383 e. The minimum atomic E-state index is -3.79. The molecule has 1 aliphatic rings. The van der Waals surface area contributed by atoms with Crippen LogP contribution in [0.25, 0.3) is 0 Å². The summed E-state index contributed by atoms with van der Waals surface area (Å²) in [6.45, 7) is 7.17. The van der Waals surface area contributed by atoms with Gasteiger partial charge in [0, 0.05) is 12.6 Å². The van der Waals surface area contributed by atoms with Gasteiger partial charge < -0.3 is 24.6 Å². The maximum absolute atomic E-state index is 12.2. The van der Waals surface area contributed by atoms with Crippen molar-refractivity contribution >= 4 is 13.4 Å². The van der Waals surface area contributed by atoms with E-state index in [0.717, 1.165) is 0 Å². The van der Waals surface area contributed by atoms with Crippen LogP contribution in [0, 0.1) is 0 Å². The topological polar surface area (TPSA) is 126 Å². The highest BCUT2D eigenvalue weighted by Crippen LogP contribution is 2.51. The van der Waals surface area contributed by atoms with Crippen LogP contribution in [-0.2, 0) is 18.6 Å². The summed E-state index contributed by atoms with van der Waals surface area (Å²) in [7, 11) is -3.79. The molecule has 3 N–H and O–H groups in total. The first-order chi connectivity index (χ1) is 11.6. The second kappa shape index (κ2) is 7.97. The highest BCUT2D eigenvalue weighted by molar-refractivity contribution is 7.53. The van der Waals surface area contributed by atoms with Crippen LogP contribution >= 0.6 is 7.60 Å². The van der Waals surface area contributed by atoms with Crippen molar-refractivity contribution in [3.05, 3.63) is 22.7 Å². The number of rotatable bonds is 7.